The lowest BCUT2D eigenvalue weighted by Crippen LogP contribution is -2.38. The maximum atomic E-state index is 12.7. The van der Waals surface area contributed by atoms with Gasteiger partial charge in [0.2, 0.25) is 5.91 Å². The molecule has 2 aromatic rings. The molecular weight excluding hydrogens is 383 g/mol. The number of anilines is 3. The highest BCUT2D eigenvalue weighted by Crippen LogP contribution is 2.34. The van der Waals surface area contributed by atoms with Crippen molar-refractivity contribution >= 4 is 34.8 Å². The average Bonchev–Trinajstić information content (AvgIpc) is 2.63. The molecule has 0 aliphatic carbocycles. The van der Waals surface area contributed by atoms with Crippen LogP contribution in [0.1, 0.15) is 18.4 Å². The number of nitrogens with two attached hydrogens (primary N) is 1. The van der Waals surface area contributed by atoms with Gasteiger partial charge < -0.3 is 16.0 Å². The monoisotopic (exact) mass is 399 g/mol. The average molecular weight is 400 g/mol. The second-order valence-electron chi connectivity index (χ2n) is 6.25. The van der Waals surface area contributed by atoms with Crippen molar-refractivity contribution in [1.82, 2.24) is 9.97 Å². The normalized spacial score (nSPS) is 15.6. The standard InChI is InChI=1S/C17H17ClF3N5O/c18-13-7-11(17(19,20)21)8-24-15(13)26-5-3-10(4-6-26)16(27)25-12-1-2-14(22)23-9-12/h1-2,7-10H,3-6H2,(H2,22,23)(H,25,27). The number of nitrogens with zero attached hydrogens (tertiary/aromatic N) is 3. The van der Waals surface area contributed by atoms with Crippen molar-refractivity contribution < 1.29 is 18.0 Å². The Morgan fingerprint density at radius 2 is 1.93 bits per heavy atom. The third kappa shape index (κ3) is 4.60. The number of nitrogen functional groups attached to an aromatic ring is 1. The summed E-state index contributed by atoms with van der Waals surface area (Å²) in [6.45, 7) is 0.937. The maximum Gasteiger partial charge on any atom is 0.417 e. The summed E-state index contributed by atoms with van der Waals surface area (Å²) in [6.07, 6.45) is -1.17. The summed E-state index contributed by atoms with van der Waals surface area (Å²) in [5.41, 5.74) is 5.18. The zero-order valence-corrected chi connectivity index (χ0v) is 14.9. The van der Waals surface area contributed by atoms with Crippen LogP contribution in [0.2, 0.25) is 5.02 Å². The highest BCUT2D eigenvalue weighted by Gasteiger charge is 2.33. The summed E-state index contributed by atoms with van der Waals surface area (Å²) in [4.78, 5) is 21.9. The predicted octanol–water partition coefficient (Wildman–Crippen LogP) is 3.59. The van der Waals surface area contributed by atoms with Crippen molar-refractivity contribution in [2.24, 2.45) is 5.92 Å². The number of rotatable bonds is 3. The number of amides is 1. The second-order valence-corrected chi connectivity index (χ2v) is 6.66. The van der Waals surface area contributed by atoms with Crippen LogP contribution < -0.4 is 16.0 Å². The maximum absolute atomic E-state index is 12.7. The van der Waals surface area contributed by atoms with E-state index >= 15 is 0 Å². The first-order valence-electron chi connectivity index (χ1n) is 8.24. The van der Waals surface area contributed by atoms with Crippen LogP contribution in [0.3, 0.4) is 0 Å². The Morgan fingerprint density at radius 3 is 2.48 bits per heavy atom. The van der Waals surface area contributed by atoms with E-state index in [0.717, 1.165) is 12.3 Å². The third-order valence-electron chi connectivity index (χ3n) is 4.37. The van der Waals surface area contributed by atoms with Gasteiger partial charge in [0.15, 0.2) is 0 Å². The number of hydrogen-bond donors (Lipinski definition) is 2. The smallest absolute Gasteiger partial charge is 0.384 e. The molecule has 1 aliphatic rings. The summed E-state index contributed by atoms with van der Waals surface area (Å²) < 4.78 is 38.1. The zero-order valence-electron chi connectivity index (χ0n) is 14.1. The summed E-state index contributed by atoms with van der Waals surface area (Å²) in [6, 6.07) is 4.13. The van der Waals surface area contributed by atoms with Crippen molar-refractivity contribution in [1.29, 1.82) is 0 Å². The second kappa shape index (κ2) is 7.59. The SMILES string of the molecule is Nc1ccc(NC(=O)C2CCN(c3ncc(C(F)(F)F)cc3Cl)CC2)cn1. The van der Waals surface area contributed by atoms with Crippen molar-refractivity contribution in [3.05, 3.63) is 41.2 Å². The van der Waals surface area contributed by atoms with E-state index in [1.807, 2.05) is 0 Å². The predicted molar refractivity (Wildman–Crippen MR) is 96.5 cm³/mol. The summed E-state index contributed by atoms with van der Waals surface area (Å²) in [7, 11) is 0. The molecule has 0 atom stereocenters. The van der Waals surface area contributed by atoms with E-state index in [1.54, 1.807) is 17.0 Å². The minimum atomic E-state index is -4.49. The molecule has 1 amide bonds. The lowest BCUT2D eigenvalue weighted by atomic mass is 9.96. The van der Waals surface area contributed by atoms with E-state index < -0.39 is 11.7 Å². The van der Waals surface area contributed by atoms with Crippen molar-refractivity contribution in [3.63, 3.8) is 0 Å². The largest absolute Gasteiger partial charge is 0.417 e. The Morgan fingerprint density at radius 1 is 1.22 bits per heavy atom. The Balaban J connectivity index is 1.60. The van der Waals surface area contributed by atoms with Gasteiger partial charge in [0.1, 0.15) is 11.6 Å². The molecule has 10 heteroatoms. The van der Waals surface area contributed by atoms with E-state index in [9.17, 15) is 18.0 Å². The number of nitrogens with one attached hydrogen (secondary N) is 1. The van der Waals surface area contributed by atoms with Gasteiger partial charge in [-0.3, -0.25) is 4.79 Å². The number of alkyl halides is 3. The van der Waals surface area contributed by atoms with Gasteiger partial charge in [-0.1, -0.05) is 11.6 Å². The number of hydrogen-bond acceptors (Lipinski definition) is 5. The molecule has 1 fully saturated rings. The first kappa shape index (κ1) is 19.2. The van der Waals surface area contributed by atoms with Gasteiger partial charge in [-0.2, -0.15) is 13.2 Å². The Bertz CT molecular complexity index is 820. The van der Waals surface area contributed by atoms with Crippen LogP contribution in [0.5, 0.6) is 0 Å². The van der Waals surface area contributed by atoms with E-state index in [-0.39, 0.29) is 16.8 Å². The number of halogens is 4. The summed E-state index contributed by atoms with van der Waals surface area (Å²) in [5.74, 6) is 0.313. The minimum absolute atomic E-state index is 0.0549. The number of piperidine rings is 1. The highest BCUT2D eigenvalue weighted by molar-refractivity contribution is 6.33. The van der Waals surface area contributed by atoms with Crippen LogP contribution in [-0.2, 0) is 11.0 Å². The molecular formula is C17H17ClF3N5O. The number of carbonyl (C=O) groups is 1. The quantitative estimate of drug-likeness (QED) is 0.824. The Labute approximate surface area is 158 Å². The Kier molecular flexibility index (Phi) is 5.41. The Hall–Kier alpha value is -2.55. The van der Waals surface area contributed by atoms with Crippen LogP contribution in [0.15, 0.2) is 30.6 Å². The van der Waals surface area contributed by atoms with Gasteiger partial charge in [0.05, 0.1) is 22.5 Å². The van der Waals surface area contributed by atoms with Gasteiger partial charge in [0, 0.05) is 25.2 Å². The van der Waals surface area contributed by atoms with E-state index in [0.29, 0.717) is 43.3 Å². The van der Waals surface area contributed by atoms with E-state index in [4.69, 9.17) is 17.3 Å². The van der Waals surface area contributed by atoms with Crippen LogP contribution in [-0.4, -0.2) is 29.0 Å². The highest BCUT2D eigenvalue weighted by atomic mass is 35.5. The molecule has 3 rings (SSSR count). The molecule has 0 radical (unpaired) electrons. The third-order valence-corrected chi connectivity index (χ3v) is 4.65. The van der Waals surface area contributed by atoms with Crippen molar-refractivity contribution in [2.45, 2.75) is 19.0 Å². The fraction of sp³-hybridized carbons (Fsp3) is 0.353. The molecule has 1 saturated heterocycles. The summed E-state index contributed by atoms with van der Waals surface area (Å²) in [5, 5.41) is 2.73. The van der Waals surface area contributed by atoms with Gasteiger partial charge >= 0.3 is 6.18 Å². The van der Waals surface area contributed by atoms with Gasteiger partial charge in [-0.25, -0.2) is 9.97 Å². The molecule has 144 valence electrons. The molecule has 2 aromatic heterocycles. The molecule has 1 aliphatic heterocycles. The molecule has 0 spiro atoms. The lowest BCUT2D eigenvalue weighted by molar-refractivity contribution is -0.137. The summed E-state index contributed by atoms with van der Waals surface area (Å²) >= 11 is 5.99. The fourth-order valence-corrected chi connectivity index (χ4v) is 3.18. The van der Waals surface area contributed by atoms with Crippen LogP contribution in [0.25, 0.3) is 0 Å². The molecule has 3 N–H and O–H groups in total. The van der Waals surface area contributed by atoms with Gasteiger partial charge in [-0.05, 0) is 31.0 Å². The van der Waals surface area contributed by atoms with Crippen LogP contribution >= 0.6 is 11.6 Å². The van der Waals surface area contributed by atoms with Gasteiger partial charge in [-0.15, -0.1) is 0 Å². The first-order valence-corrected chi connectivity index (χ1v) is 8.62. The number of pyridine rings is 2. The fourth-order valence-electron chi connectivity index (χ4n) is 2.90. The number of aromatic nitrogens is 2. The molecule has 3 heterocycles. The van der Waals surface area contributed by atoms with Crippen LogP contribution in [0.4, 0.5) is 30.5 Å². The molecule has 27 heavy (non-hydrogen) atoms. The molecule has 0 unspecified atom stereocenters. The van der Waals surface area contributed by atoms with Crippen molar-refractivity contribution in [2.75, 3.05) is 29.0 Å². The molecule has 6 nitrogen and oxygen atoms in total. The van der Waals surface area contributed by atoms with Crippen molar-refractivity contribution in [3.8, 4) is 0 Å². The molecule has 0 aromatic carbocycles. The first-order chi connectivity index (χ1) is 12.7. The molecule has 0 bridgehead atoms. The lowest BCUT2D eigenvalue weighted by Gasteiger charge is -2.32. The molecule has 0 saturated carbocycles. The van der Waals surface area contributed by atoms with E-state index in [1.165, 1.54) is 6.20 Å². The van der Waals surface area contributed by atoms with Gasteiger partial charge in [0.25, 0.3) is 0 Å². The van der Waals surface area contributed by atoms with E-state index in [2.05, 4.69) is 15.3 Å². The topological polar surface area (TPSA) is 84.1 Å². The number of carbonyl (C=O) groups excluding carboxylic acids is 1. The van der Waals surface area contributed by atoms with Crippen LogP contribution in [0, 0.1) is 5.92 Å². The minimum Gasteiger partial charge on any atom is -0.384 e. The zero-order chi connectivity index (χ0) is 19.6.